The van der Waals surface area contributed by atoms with E-state index in [1.807, 2.05) is 24.4 Å². The summed E-state index contributed by atoms with van der Waals surface area (Å²) in [6, 6.07) is 20.6. The number of hydrogen-bond acceptors (Lipinski definition) is 6. The SMILES string of the molecule is COc1cccc(CN2CC3(CCN(Cc4ccccn4)CC3)c3c([nH]c4cc(OC)ccc34)[C@H]2CO)c1. The Hall–Kier alpha value is -3.39. The average molecular weight is 513 g/mol. The van der Waals surface area contributed by atoms with Crippen LogP contribution in [-0.2, 0) is 18.5 Å². The Morgan fingerprint density at radius 3 is 2.53 bits per heavy atom. The lowest BCUT2D eigenvalue weighted by Crippen LogP contribution is -2.53. The zero-order valence-electron chi connectivity index (χ0n) is 22.2. The van der Waals surface area contributed by atoms with Crippen molar-refractivity contribution in [1.82, 2.24) is 19.8 Å². The second-order valence-corrected chi connectivity index (χ2v) is 10.7. The first-order chi connectivity index (χ1) is 18.6. The van der Waals surface area contributed by atoms with Crippen LogP contribution in [0.4, 0.5) is 0 Å². The van der Waals surface area contributed by atoms with Crippen molar-refractivity contribution in [3.63, 3.8) is 0 Å². The Morgan fingerprint density at radius 1 is 0.974 bits per heavy atom. The van der Waals surface area contributed by atoms with E-state index in [4.69, 9.17) is 9.47 Å². The summed E-state index contributed by atoms with van der Waals surface area (Å²) in [5.41, 5.74) is 5.90. The molecular formula is C31H36N4O3. The normalized spacial score (nSPS) is 19.5. The summed E-state index contributed by atoms with van der Waals surface area (Å²) in [6.07, 6.45) is 3.98. The van der Waals surface area contributed by atoms with Gasteiger partial charge in [0, 0.05) is 53.9 Å². The predicted octanol–water partition coefficient (Wildman–Crippen LogP) is 4.66. The minimum atomic E-state index is -0.105. The van der Waals surface area contributed by atoms with Crippen LogP contribution in [0.15, 0.2) is 66.9 Å². The molecule has 0 bridgehead atoms. The molecule has 0 aliphatic carbocycles. The van der Waals surface area contributed by atoms with Gasteiger partial charge >= 0.3 is 0 Å². The summed E-state index contributed by atoms with van der Waals surface area (Å²) in [5, 5.41) is 11.9. The van der Waals surface area contributed by atoms with Crippen LogP contribution < -0.4 is 9.47 Å². The first-order valence-corrected chi connectivity index (χ1v) is 13.4. The Labute approximate surface area is 224 Å². The summed E-state index contributed by atoms with van der Waals surface area (Å²) < 4.78 is 11.0. The van der Waals surface area contributed by atoms with Crippen molar-refractivity contribution in [2.24, 2.45) is 0 Å². The first-order valence-electron chi connectivity index (χ1n) is 13.4. The number of aromatic amines is 1. The molecule has 1 spiro atoms. The molecule has 7 heteroatoms. The quantitative estimate of drug-likeness (QED) is 0.375. The van der Waals surface area contributed by atoms with Crippen molar-refractivity contribution in [2.75, 3.05) is 40.5 Å². The number of piperidine rings is 1. The van der Waals surface area contributed by atoms with Crippen LogP contribution in [0.3, 0.4) is 0 Å². The summed E-state index contributed by atoms with van der Waals surface area (Å²) in [7, 11) is 3.41. The fraction of sp³-hybridized carbons (Fsp3) is 0.387. The summed E-state index contributed by atoms with van der Waals surface area (Å²) in [5.74, 6) is 1.69. The molecule has 4 aromatic rings. The predicted molar refractivity (Wildman–Crippen MR) is 149 cm³/mol. The van der Waals surface area contributed by atoms with Crippen molar-refractivity contribution >= 4 is 10.9 Å². The summed E-state index contributed by atoms with van der Waals surface area (Å²) in [6.45, 7) is 4.61. The van der Waals surface area contributed by atoms with Crippen molar-refractivity contribution in [3.8, 4) is 11.5 Å². The van der Waals surface area contributed by atoms with Crippen LogP contribution in [0.5, 0.6) is 11.5 Å². The summed E-state index contributed by atoms with van der Waals surface area (Å²) in [4.78, 5) is 13.3. The van der Waals surface area contributed by atoms with Gasteiger partial charge in [-0.15, -0.1) is 0 Å². The third-order valence-corrected chi connectivity index (χ3v) is 8.46. The fourth-order valence-electron chi connectivity index (χ4n) is 6.55. The standard InChI is InChI=1S/C31H36N4O3/c1-37-24-8-5-6-22(16-24)18-35-21-31(11-14-34(15-12-31)19-23-7-3-4-13-32-23)29-26-10-9-25(38-2)17-27(26)33-30(29)28(35)20-36/h3-10,13,16-17,28,33,36H,11-12,14-15,18-21H2,1-2H3/t28-/m1/s1. The molecule has 4 heterocycles. The maximum atomic E-state index is 10.7. The number of fused-ring (bicyclic) bond motifs is 4. The maximum absolute atomic E-state index is 10.7. The molecule has 2 aliphatic rings. The molecule has 2 N–H and O–H groups in total. The van der Waals surface area contributed by atoms with E-state index in [1.54, 1.807) is 14.2 Å². The number of hydrogen-bond donors (Lipinski definition) is 2. The highest BCUT2D eigenvalue weighted by Crippen LogP contribution is 2.49. The van der Waals surface area contributed by atoms with Crippen LogP contribution >= 0.6 is 0 Å². The van der Waals surface area contributed by atoms with E-state index in [1.165, 1.54) is 16.5 Å². The van der Waals surface area contributed by atoms with Crippen molar-refractivity contribution in [3.05, 3.63) is 89.4 Å². The highest BCUT2D eigenvalue weighted by Gasteiger charge is 2.47. The van der Waals surface area contributed by atoms with Gasteiger partial charge in [0.2, 0.25) is 0 Å². The van der Waals surface area contributed by atoms with Gasteiger partial charge in [-0.1, -0.05) is 18.2 Å². The second-order valence-electron chi connectivity index (χ2n) is 10.7. The second kappa shape index (κ2) is 10.4. The van der Waals surface area contributed by atoms with Gasteiger partial charge in [-0.2, -0.15) is 0 Å². The van der Waals surface area contributed by atoms with E-state index in [-0.39, 0.29) is 18.1 Å². The lowest BCUT2D eigenvalue weighted by molar-refractivity contribution is 0.0417. The van der Waals surface area contributed by atoms with Gasteiger partial charge < -0.3 is 19.6 Å². The average Bonchev–Trinajstić information content (AvgIpc) is 3.34. The van der Waals surface area contributed by atoms with E-state index in [2.05, 4.69) is 62.2 Å². The van der Waals surface area contributed by atoms with Crippen LogP contribution in [0.25, 0.3) is 10.9 Å². The van der Waals surface area contributed by atoms with E-state index in [0.29, 0.717) is 0 Å². The fourth-order valence-corrected chi connectivity index (χ4v) is 6.55. The van der Waals surface area contributed by atoms with Gasteiger partial charge in [0.25, 0.3) is 0 Å². The van der Waals surface area contributed by atoms with Crippen LogP contribution in [0.1, 0.15) is 41.4 Å². The van der Waals surface area contributed by atoms with Crippen molar-refractivity contribution in [1.29, 1.82) is 0 Å². The largest absolute Gasteiger partial charge is 0.497 e. The van der Waals surface area contributed by atoms with E-state index < -0.39 is 0 Å². The molecule has 1 atom stereocenters. The van der Waals surface area contributed by atoms with Gasteiger partial charge in [-0.25, -0.2) is 0 Å². The molecule has 198 valence electrons. The van der Waals surface area contributed by atoms with Gasteiger partial charge in [0.05, 0.1) is 32.6 Å². The molecule has 6 rings (SSSR count). The molecule has 1 fully saturated rings. The van der Waals surface area contributed by atoms with Crippen molar-refractivity contribution in [2.45, 2.75) is 37.4 Å². The smallest absolute Gasteiger partial charge is 0.120 e. The molecule has 1 saturated heterocycles. The topological polar surface area (TPSA) is 73.9 Å². The molecule has 2 aliphatic heterocycles. The zero-order chi connectivity index (χ0) is 26.1. The Bertz CT molecular complexity index is 1400. The first kappa shape index (κ1) is 24.9. The minimum absolute atomic E-state index is 0.00662. The number of aliphatic hydroxyl groups excluding tert-OH is 1. The van der Waals surface area contributed by atoms with Crippen molar-refractivity contribution < 1.29 is 14.6 Å². The molecule has 2 aromatic carbocycles. The number of H-pyrrole nitrogens is 1. The number of aromatic nitrogens is 2. The number of benzene rings is 2. The van der Waals surface area contributed by atoms with E-state index >= 15 is 0 Å². The van der Waals surface area contributed by atoms with Gasteiger partial charge in [-0.05, 0) is 73.5 Å². The number of nitrogens with one attached hydrogen (secondary N) is 1. The number of pyridine rings is 1. The van der Waals surface area contributed by atoms with E-state index in [0.717, 1.165) is 74.0 Å². The molecule has 7 nitrogen and oxygen atoms in total. The number of likely N-dealkylation sites (tertiary alicyclic amines) is 1. The number of rotatable bonds is 7. The number of ether oxygens (including phenoxy) is 2. The molecular weight excluding hydrogens is 476 g/mol. The molecule has 0 amide bonds. The number of aliphatic hydroxyl groups is 1. The van der Waals surface area contributed by atoms with Gasteiger partial charge in [-0.3, -0.25) is 14.8 Å². The summed E-state index contributed by atoms with van der Waals surface area (Å²) >= 11 is 0. The highest BCUT2D eigenvalue weighted by molar-refractivity contribution is 5.87. The zero-order valence-corrected chi connectivity index (χ0v) is 22.2. The molecule has 0 radical (unpaired) electrons. The monoisotopic (exact) mass is 512 g/mol. The highest BCUT2D eigenvalue weighted by atomic mass is 16.5. The third-order valence-electron chi connectivity index (χ3n) is 8.46. The Balaban J connectivity index is 1.37. The number of nitrogens with zero attached hydrogens (tertiary/aromatic N) is 3. The van der Waals surface area contributed by atoms with Crippen LogP contribution in [0, 0.1) is 0 Å². The minimum Gasteiger partial charge on any atom is -0.497 e. The lowest BCUT2D eigenvalue weighted by atomic mass is 9.68. The van der Waals surface area contributed by atoms with Crippen LogP contribution in [-0.4, -0.2) is 65.3 Å². The number of methoxy groups -OCH3 is 2. The molecule has 38 heavy (non-hydrogen) atoms. The Kier molecular flexibility index (Phi) is 6.82. The van der Waals surface area contributed by atoms with Gasteiger partial charge in [0.1, 0.15) is 11.5 Å². The lowest BCUT2D eigenvalue weighted by Gasteiger charge is -2.50. The maximum Gasteiger partial charge on any atom is 0.120 e. The molecule has 0 saturated carbocycles. The van der Waals surface area contributed by atoms with Gasteiger partial charge in [0.15, 0.2) is 0 Å². The molecule has 0 unspecified atom stereocenters. The van der Waals surface area contributed by atoms with E-state index in [9.17, 15) is 5.11 Å². The Morgan fingerprint density at radius 2 is 1.79 bits per heavy atom. The third kappa shape index (κ3) is 4.55. The molecule has 2 aromatic heterocycles. The van der Waals surface area contributed by atoms with Crippen LogP contribution in [0.2, 0.25) is 0 Å².